The van der Waals surface area contributed by atoms with Crippen LogP contribution in [0.25, 0.3) is 0 Å². The van der Waals surface area contributed by atoms with E-state index >= 15 is 0 Å². The number of hydrogen-bond acceptors (Lipinski definition) is 2. The Morgan fingerprint density at radius 3 is 2.59 bits per heavy atom. The molecule has 0 aliphatic carbocycles. The fourth-order valence-corrected chi connectivity index (χ4v) is 2.02. The van der Waals surface area contributed by atoms with Crippen LogP contribution in [0.1, 0.15) is 5.56 Å². The van der Waals surface area contributed by atoms with Crippen molar-refractivity contribution in [1.29, 1.82) is 0 Å². The molecular weight excluding hydrogens is 214 g/mol. The minimum absolute atomic E-state index is 0.121. The minimum atomic E-state index is 0.121. The number of benzene rings is 1. The van der Waals surface area contributed by atoms with E-state index in [1.165, 1.54) is 5.56 Å². The zero-order chi connectivity index (χ0) is 12.1. The quantitative estimate of drug-likeness (QED) is 0.831. The van der Waals surface area contributed by atoms with Crippen LogP contribution in [-0.4, -0.2) is 49.1 Å². The Morgan fingerprint density at radius 1 is 1.29 bits per heavy atom. The lowest BCUT2D eigenvalue weighted by atomic mass is 10.2. The Balaban J connectivity index is 1.90. The van der Waals surface area contributed by atoms with Crippen LogP contribution < -0.4 is 5.32 Å². The van der Waals surface area contributed by atoms with Crippen molar-refractivity contribution in [2.75, 3.05) is 33.2 Å². The first-order valence-corrected chi connectivity index (χ1v) is 6.02. The number of piperazine rings is 1. The van der Waals surface area contributed by atoms with Gasteiger partial charge >= 0.3 is 6.03 Å². The van der Waals surface area contributed by atoms with Crippen molar-refractivity contribution in [3.8, 4) is 0 Å². The van der Waals surface area contributed by atoms with Gasteiger partial charge in [0.1, 0.15) is 0 Å². The summed E-state index contributed by atoms with van der Waals surface area (Å²) in [7, 11) is 1.86. The van der Waals surface area contributed by atoms with E-state index in [2.05, 4.69) is 5.32 Å². The molecule has 1 saturated heterocycles. The Kier molecular flexibility index (Phi) is 3.98. The fourth-order valence-electron chi connectivity index (χ4n) is 2.02. The summed E-state index contributed by atoms with van der Waals surface area (Å²) in [6.07, 6.45) is 0. The van der Waals surface area contributed by atoms with E-state index in [4.69, 9.17) is 0 Å². The second-order valence-electron chi connectivity index (χ2n) is 4.36. The Bertz CT molecular complexity index is 360. The van der Waals surface area contributed by atoms with Gasteiger partial charge in [0.2, 0.25) is 0 Å². The van der Waals surface area contributed by atoms with Gasteiger partial charge < -0.3 is 15.1 Å². The van der Waals surface area contributed by atoms with Gasteiger partial charge in [-0.1, -0.05) is 30.3 Å². The highest BCUT2D eigenvalue weighted by molar-refractivity contribution is 5.74. The molecule has 2 rings (SSSR count). The molecule has 2 amide bonds. The first kappa shape index (κ1) is 11.9. The highest BCUT2D eigenvalue weighted by Crippen LogP contribution is 2.06. The molecule has 1 aliphatic rings. The van der Waals surface area contributed by atoms with Crippen LogP contribution in [-0.2, 0) is 6.54 Å². The summed E-state index contributed by atoms with van der Waals surface area (Å²) in [4.78, 5) is 15.8. The van der Waals surface area contributed by atoms with Crippen molar-refractivity contribution < 1.29 is 4.79 Å². The van der Waals surface area contributed by atoms with Gasteiger partial charge in [-0.05, 0) is 5.56 Å². The molecule has 1 fully saturated rings. The molecule has 4 nitrogen and oxygen atoms in total. The predicted octanol–water partition coefficient (Wildman–Crippen LogP) is 1.14. The Hall–Kier alpha value is -1.55. The first-order valence-electron chi connectivity index (χ1n) is 6.02. The Labute approximate surface area is 102 Å². The number of rotatable bonds is 2. The smallest absolute Gasteiger partial charge is 0.320 e. The van der Waals surface area contributed by atoms with Gasteiger partial charge in [-0.3, -0.25) is 0 Å². The monoisotopic (exact) mass is 233 g/mol. The molecule has 1 heterocycles. The number of carbonyl (C=O) groups excluding carboxylic acids is 1. The van der Waals surface area contributed by atoms with Crippen molar-refractivity contribution in [3.05, 3.63) is 35.9 Å². The fraction of sp³-hybridized carbons (Fsp3) is 0.462. The van der Waals surface area contributed by atoms with E-state index in [9.17, 15) is 4.79 Å². The predicted molar refractivity (Wildman–Crippen MR) is 67.7 cm³/mol. The highest BCUT2D eigenvalue weighted by atomic mass is 16.2. The molecule has 0 aromatic heterocycles. The summed E-state index contributed by atoms with van der Waals surface area (Å²) in [5.41, 5.74) is 1.17. The average Bonchev–Trinajstić information content (AvgIpc) is 2.40. The molecule has 1 N–H and O–H groups in total. The van der Waals surface area contributed by atoms with Gasteiger partial charge in [0.25, 0.3) is 0 Å². The van der Waals surface area contributed by atoms with Crippen LogP contribution in [0.4, 0.5) is 4.79 Å². The third-order valence-corrected chi connectivity index (χ3v) is 2.98. The summed E-state index contributed by atoms with van der Waals surface area (Å²) in [5.74, 6) is 0. The van der Waals surface area contributed by atoms with Crippen molar-refractivity contribution in [1.82, 2.24) is 15.1 Å². The summed E-state index contributed by atoms with van der Waals surface area (Å²) >= 11 is 0. The van der Waals surface area contributed by atoms with Gasteiger partial charge in [-0.25, -0.2) is 4.79 Å². The average molecular weight is 233 g/mol. The molecule has 1 aromatic carbocycles. The molecule has 1 aromatic rings. The lowest BCUT2D eigenvalue weighted by Crippen LogP contribution is -2.50. The van der Waals surface area contributed by atoms with Gasteiger partial charge in [-0.2, -0.15) is 0 Å². The summed E-state index contributed by atoms with van der Waals surface area (Å²) < 4.78 is 0. The molecule has 0 unspecified atom stereocenters. The van der Waals surface area contributed by atoms with E-state index < -0.39 is 0 Å². The largest absolute Gasteiger partial charge is 0.323 e. The number of nitrogens with one attached hydrogen (secondary N) is 1. The van der Waals surface area contributed by atoms with E-state index in [0.717, 1.165) is 26.2 Å². The normalized spacial score (nSPS) is 15.7. The second kappa shape index (κ2) is 5.68. The second-order valence-corrected chi connectivity index (χ2v) is 4.36. The highest BCUT2D eigenvalue weighted by Gasteiger charge is 2.19. The molecule has 1 aliphatic heterocycles. The van der Waals surface area contributed by atoms with Crippen LogP contribution in [0.5, 0.6) is 0 Å². The van der Waals surface area contributed by atoms with Crippen molar-refractivity contribution >= 4 is 6.03 Å². The maximum absolute atomic E-state index is 12.1. The molecule has 0 atom stereocenters. The number of carbonyl (C=O) groups is 1. The number of nitrogens with zero attached hydrogens (tertiary/aromatic N) is 2. The Morgan fingerprint density at radius 2 is 1.94 bits per heavy atom. The van der Waals surface area contributed by atoms with E-state index in [1.807, 2.05) is 42.3 Å². The van der Waals surface area contributed by atoms with Gasteiger partial charge in [0.05, 0.1) is 0 Å². The zero-order valence-electron chi connectivity index (χ0n) is 10.2. The standard InChI is InChI=1S/C13H19N3O/c1-15(11-12-5-3-2-4-6-12)13(17)16-9-7-14-8-10-16/h2-6,14H,7-11H2,1H3. The molecular formula is C13H19N3O. The third-order valence-electron chi connectivity index (χ3n) is 2.98. The number of urea groups is 1. The first-order chi connectivity index (χ1) is 8.27. The van der Waals surface area contributed by atoms with E-state index in [1.54, 1.807) is 4.90 Å². The molecule has 92 valence electrons. The summed E-state index contributed by atoms with van der Waals surface area (Å²) in [6.45, 7) is 4.06. The van der Waals surface area contributed by atoms with Gasteiger partial charge in [0, 0.05) is 39.8 Å². The molecule has 4 heteroatoms. The third kappa shape index (κ3) is 3.20. The lowest BCUT2D eigenvalue weighted by Gasteiger charge is -2.31. The summed E-state index contributed by atoms with van der Waals surface area (Å²) in [5, 5.41) is 3.25. The van der Waals surface area contributed by atoms with Gasteiger partial charge in [-0.15, -0.1) is 0 Å². The maximum atomic E-state index is 12.1. The van der Waals surface area contributed by atoms with Crippen molar-refractivity contribution in [2.24, 2.45) is 0 Å². The van der Waals surface area contributed by atoms with Crippen LogP contribution in [0, 0.1) is 0 Å². The molecule has 0 spiro atoms. The maximum Gasteiger partial charge on any atom is 0.320 e. The van der Waals surface area contributed by atoms with E-state index in [-0.39, 0.29) is 6.03 Å². The van der Waals surface area contributed by atoms with Crippen LogP contribution in [0.15, 0.2) is 30.3 Å². The van der Waals surface area contributed by atoms with Crippen LogP contribution in [0.2, 0.25) is 0 Å². The topological polar surface area (TPSA) is 35.6 Å². The lowest BCUT2D eigenvalue weighted by molar-refractivity contribution is 0.154. The molecule has 0 radical (unpaired) electrons. The number of hydrogen-bond donors (Lipinski definition) is 1. The molecule has 17 heavy (non-hydrogen) atoms. The van der Waals surface area contributed by atoms with Crippen molar-refractivity contribution in [3.63, 3.8) is 0 Å². The molecule has 0 bridgehead atoms. The van der Waals surface area contributed by atoms with Crippen molar-refractivity contribution in [2.45, 2.75) is 6.54 Å². The number of amides is 2. The molecule has 0 saturated carbocycles. The van der Waals surface area contributed by atoms with E-state index in [0.29, 0.717) is 6.54 Å². The summed E-state index contributed by atoms with van der Waals surface area (Å²) in [6, 6.07) is 10.2. The SMILES string of the molecule is CN(Cc1ccccc1)C(=O)N1CCNCC1. The van der Waals surface area contributed by atoms with Gasteiger partial charge in [0.15, 0.2) is 0 Å². The zero-order valence-corrected chi connectivity index (χ0v) is 10.2. The minimum Gasteiger partial charge on any atom is -0.323 e. The van der Waals surface area contributed by atoms with Crippen LogP contribution >= 0.6 is 0 Å². The van der Waals surface area contributed by atoms with Crippen LogP contribution in [0.3, 0.4) is 0 Å².